The van der Waals surface area contributed by atoms with Gasteiger partial charge in [-0.05, 0) is 64.6 Å². The van der Waals surface area contributed by atoms with Gasteiger partial charge >= 0.3 is 5.63 Å². The molecule has 22 heavy (non-hydrogen) atoms. The summed E-state index contributed by atoms with van der Waals surface area (Å²) in [5.74, 6) is 0.665. The van der Waals surface area contributed by atoms with Crippen LogP contribution in [0.5, 0.6) is 5.75 Å². The number of ether oxygens (including phenoxy) is 1. The first-order valence-electron chi connectivity index (χ1n) is 6.76. The molecule has 0 unspecified atom stereocenters. The topological polar surface area (TPSA) is 51.5 Å². The molecule has 0 atom stereocenters. The first-order valence-corrected chi connectivity index (χ1v) is 7.84. The Kier molecular flexibility index (Phi) is 4.33. The maximum absolute atomic E-state index is 11.7. The minimum absolute atomic E-state index is 0.361. The molecule has 112 valence electrons. The third-order valence-electron chi connectivity index (χ3n) is 3.36. The Balaban J connectivity index is 1.92. The number of fused-ring (bicyclic) bond motifs is 1. The second-order valence-electron chi connectivity index (χ2n) is 4.81. The van der Waals surface area contributed by atoms with Gasteiger partial charge in [-0.15, -0.1) is 0 Å². The van der Waals surface area contributed by atoms with Gasteiger partial charge in [0.15, 0.2) is 0 Å². The van der Waals surface area contributed by atoms with Crippen molar-refractivity contribution in [1.82, 2.24) is 0 Å². The summed E-state index contributed by atoms with van der Waals surface area (Å²) in [7, 11) is 1.58. The average molecular weight is 407 g/mol. The summed E-state index contributed by atoms with van der Waals surface area (Å²) < 4.78 is 11.6. The second-order valence-corrected chi connectivity index (χ2v) is 6.06. The number of nitrogens with one attached hydrogen (secondary N) is 1. The van der Waals surface area contributed by atoms with Crippen LogP contribution in [0.4, 0.5) is 5.69 Å². The highest BCUT2D eigenvalue weighted by molar-refractivity contribution is 14.1. The minimum Gasteiger partial charge on any atom is -0.497 e. The lowest BCUT2D eigenvalue weighted by atomic mass is 10.1. The molecule has 0 aliphatic carbocycles. The lowest BCUT2D eigenvalue weighted by Gasteiger charge is -2.09. The molecule has 2 aromatic carbocycles. The van der Waals surface area contributed by atoms with E-state index in [2.05, 4.69) is 27.9 Å². The van der Waals surface area contributed by atoms with Gasteiger partial charge in [-0.1, -0.05) is 0 Å². The summed E-state index contributed by atoms with van der Waals surface area (Å²) in [6.07, 6.45) is 0. The second kappa shape index (κ2) is 6.39. The quantitative estimate of drug-likeness (QED) is 0.525. The van der Waals surface area contributed by atoms with E-state index < -0.39 is 0 Å². The van der Waals surface area contributed by atoms with Gasteiger partial charge in [-0.3, -0.25) is 0 Å². The molecule has 3 rings (SSSR count). The third-order valence-corrected chi connectivity index (χ3v) is 4.08. The molecule has 0 amide bonds. The number of anilines is 1. The van der Waals surface area contributed by atoms with Crippen LogP contribution in [0.15, 0.2) is 57.7 Å². The van der Waals surface area contributed by atoms with Crippen molar-refractivity contribution in [1.29, 1.82) is 0 Å². The Morgan fingerprint density at radius 3 is 2.64 bits per heavy atom. The summed E-state index contributed by atoms with van der Waals surface area (Å²) in [6, 6.07) is 15.1. The summed E-state index contributed by atoms with van der Waals surface area (Å²) in [6.45, 7) is 0.551. The number of benzene rings is 2. The van der Waals surface area contributed by atoms with Gasteiger partial charge in [-0.2, -0.15) is 0 Å². The van der Waals surface area contributed by atoms with Gasteiger partial charge in [0, 0.05) is 33.3 Å². The van der Waals surface area contributed by atoms with Crippen LogP contribution in [0.2, 0.25) is 0 Å². The molecule has 0 radical (unpaired) electrons. The van der Waals surface area contributed by atoms with E-state index in [-0.39, 0.29) is 5.63 Å². The fourth-order valence-corrected chi connectivity index (χ4v) is 2.61. The zero-order valence-electron chi connectivity index (χ0n) is 11.9. The maximum atomic E-state index is 11.7. The van der Waals surface area contributed by atoms with Gasteiger partial charge in [0.05, 0.1) is 7.11 Å². The average Bonchev–Trinajstić information content (AvgIpc) is 2.53. The molecule has 0 aliphatic rings. The fourth-order valence-electron chi connectivity index (χ4n) is 2.25. The molecule has 1 N–H and O–H groups in total. The zero-order chi connectivity index (χ0) is 15.5. The van der Waals surface area contributed by atoms with Crippen molar-refractivity contribution in [2.75, 3.05) is 12.4 Å². The van der Waals surface area contributed by atoms with Crippen LogP contribution in [0.1, 0.15) is 5.56 Å². The van der Waals surface area contributed by atoms with Gasteiger partial charge in [0.2, 0.25) is 0 Å². The smallest absolute Gasteiger partial charge is 0.336 e. The molecule has 3 aromatic rings. The van der Waals surface area contributed by atoms with Crippen LogP contribution < -0.4 is 15.7 Å². The molecule has 0 saturated heterocycles. The zero-order valence-corrected chi connectivity index (χ0v) is 14.1. The van der Waals surface area contributed by atoms with Crippen molar-refractivity contribution in [2.45, 2.75) is 6.54 Å². The van der Waals surface area contributed by atoms with Gasteiger partial charge in [0.25, 0.3) is 0 Å². The Morgan fingerprint density at radius 2 is 1.91 bits per heavy atom. The molecule has 0 fully saturated rings. The lowest BCUT2D eigenvalue weighted by molar-refractivity contribution is 0.414. The van der Waals surface area contributed by atoms with Crippen LogP contribution >= 0.6 is 22.6 Å². The highest BCUT2D eigenvalue weighted by atomic mass is 127. The van der Waals surface area contributed by atoms with E-state index in [9.17, 15) is 4.79 Å². The van der Waals surface area contributed by atoms with E-state index in [1.54, 1.807) is 13.2 Å². The van der Waals surface area contributed by atoms with Gasteiger partial charge in [0.1, 0.15) is 11.3 Å². The number of hydrogen-bond donors (Lipinski definition) is 1. The Morgan fingerprint density at radius 1 is 1.14 bits per heavy atom. The van der Waals surface area contributed by atoms with E-state index in [0.29, 0.717) is 17.9 Å². The molecule has 1 heterocycles. The normalized spacial score (nSPS) is 10.6. The molecule has 0 spiro atoms. The van der Waals surface area contributed by atoms with Crippen molar-refractivity contribution in [3.63, 3.8) is 0 Å². The summed E-state index contributed by atoms with van der Waals surface area (Å²) in [5.41, 5.74) is 2.08. The van der Waals surface area contributed by atoms with Crippen molar-refractivity contribution in [3.05, 3.63) is 68.1 Å². The largest absolute Gasteiger partial charge is 0.497 e. The molecular weight excluding hydrogens is 393 g/mol. The molecule has 4 nitrogen and oxygen atoms in total. The van der Waals surface area contributed by atoms with E-state index in [1.807, 2.05) is 36.4 Å². The van der Waals surface area contributed by atoms with Crippen LogP contribution in [0, 0.1) is 3.57 Å². The highest BCUT2D eigenvalue weighted by Crippen LogP contribution is 2.23. The summed E-state index contributed by atoms with van der Waals surface area (Å²) in [5, 5.41) is 4.22. The maximum Gasteiger partial charge on any atom is 0.336 e. The van der Waals surface area contributed by atoms with E-state index in [0.717, 1.165) is 16.6 Å². The highest BCUT2D eigenvalue weighted by Gasteiger charge is 2.07. The number of halogens is 1. The molecule has 0 aliphatic heterocycles. The Labute approximate surface area is 141 Å². The minimum atomic E-state index is -0.361. The fraction of sp³-hybridized carbons (Fsp3) is 0.118. The van der Waals surface area contributed by atoms with E-state index >= 15 is 0 Å². The standard InChI is InChI=1S/C17H14INO3/c1-21-14-6-7-15-11(8-17(20)22-16(15)9-14)10-19-13-4-2-12(18)3-5-13/h2-9,19H,10H2,1H3. The number of hydrogen-bond acceptors (Lipinski definition) is 4. The molecule has 5 heteroatoms. The van der Waals surface area contributed by atoms with Crippen LogP contribution in [-0.4, -0.2) is 7.11 Å². The van der Waals surface area contributed by atoms with Crippen LogP contribution in [-0.2, 0) is 6.54 Å². The predicted octanol–water partition coefficient (Wildman–Crippen LogP) is 4.02. The third kappa shape index (κ3) is 3.24. The number of rotatable bonds is 4. The van der Waals surface area contributed by atoms with Crippen molar-refractivity contribution >= 4 is 39.2 Å². The predicted molar refractivity (Wildman–Crippen MR) is 95.5 cm³/mol. The molecular formula is C17H14INO3. The van der Waals surface area contributed by atoms with Crippen LogP contribution in [0.25, 0.3) is 11.0 Å². The monoisotopic (exact) mass is 407 g/mol. The Bertz CT molecular complexity index is 856. The summed E-state index contributed by atoms with van der Waals surface area (Å²) >= 11 is 2.27. The molecule has 0 bridgehead atoms. The Hall–Kier alpha value is -2.02. The van der Waals surface area contributed by atoms with Gasteiger partial charge < -0.3 is 14.5 Å². The SMILES string of the molecule is COc1ccc2c(CNc3ccc(I)cc3)cc(=O)oc2c1. The van der Waals surface area contributed by atoms with E-state index in [4.69, 9.17) is 9.15 Å². The molecule has 0 saturated carbocycles. The van der Waals surface area contributed by atoms with E-state index in [1.165, 1.54) is 9.64 Å². The van der Waals surface area contributed by atoms with Crippen LogP contribution in [0.3, 0.4) is 0 Å². The lowest BCUT2D eigenvalue weighted by Crippen LogP contribution is -2.05. The number of methoxy groups -OCH3 is 1. The first kappa shape index (κ1) is 14.9. The summed E-state index contributed by atoms with van der Waals surface area (Å²) in [4.78, 5) is 11.7. The van der Waals surface area contributed by atoms with Crippen molar-refractivity contribution in [2.24, 2.45) is 0 Å². The van der Waals surface area contributed by atoms with Gasteiger partial charge in [-0.25, -0.2) is 4.79 Å². The molecule has 1 aromatic heterocycles. The van der Waals surface area contributed by atoms with Crippen molar-refractivity contribution in [3.8, 4) is 5.75 Å². The van der Waals surface area contributed by atoms with Crippen molar-refractivity contribution < 1.29 is 9.15 Å². The first-order chi connectivity index (χ1) is 10.7.